The highest BCUT2D eigenvalue weighted by molar-refractivity contribution is 6.30. The van der Waals surface area contributed by atoms with Crippen molar-refractivity contribution >= 4 is 35.1 Å². The maximum absolute atomic E-state index is 12.9. The van der Waals surface area contributed by atoms with Crippen molar-refractivity contribution in [3.8, 4) is 0 Å². The molecule has 0 spiro atoms. The molecule has 4 saturated carbocycles. The largest absolute Gasteiger partial charge is 0.455 e. The van der Waals surface area contributed by atoms with E-state index in [9.17, 15) is 9.59 Å². The predicted molar refractivity (Wildman–Crippen MR) is 105 cm³/mol. The van der Waals surface area contributed by atoms with Crippen LogP contribution in [0.4, 0.5) is 0 Å². The molecule has 1 N–H and O–H groups in total. The Morgan fingerprint density at radius 1 is 1.26 bits per heavy atom. The number of benzene rings is 1. The van der Waals surface area contributed by atoms with Crippen molar-refractivity contribution in [2.45, 2.75) is 56.4 Å². The Bertz CT molecular complexity index is 752. The lowest BCUT2D eigenvalue weighted by Crippen LogP contribution is -2.56. The van der Waals surface area contributed by atoms with Gasteiger partial charge in [0.05, 0.1) is 11.5 Å². The van der Waals surface area contributed by atoms with E-state index in [0.717, 1.165) is 31.2 Å². The topological polar surface area (TPSA) is 55.4 Å². The van der Waals surface area contributed by atoms with E-state index in [4.69, 9.17) is 27.9 Å². The third-order valence-electron chi connectivity index (χ3n) is 6.48. The van der Waals surface area contributed by atoms with E-state index in [1.165, 1.54) is 6.42 Å². The molecule has 4 nitrogen and oxygen atoms in total. The van der Waals surface area contributed by atoms with Crippen LogP contribution in [0.25, 0.3) is 0 Å². The summed E-state index contributed by atoms with van der Waals surface area (Å²) >= 11 is 12.8. The molecular formula is C21H25Cl2NO3. The Kier molecular flexibility index (Phi) is 4.92. The average Bonchev–Trinajstić information content (AvgIpc) is 2.57. The van der Waals surface area contributed by atoms with E-state index in [1.54, 1.807) is 6.07 Å². The molecule has 5 atom stereocenters. The van der Waals surface area contributed by atoms with Crippen LogP contribution in [-0.2, 0) is 14.3 Å². The van der Waals surface area contributed by atoms with Crippen LogP contribution in [0, 0.1) is 17.3 Å². The lowest BCUT2D eigenvalue weighted by molar-refractivity contribution is -0.171. The maximum Gasteiger partial charge on any atom is 0.312 e. The number of alkyl halides is 1. The monoisotopic (exact) mass is 409 g/mol. The van der Waals surface area contributed by atoms with Gasteiger partial charge in [0, 0.05) is 9.90 Å². The maximum atomic E-state index is 12.9. The summed E-state index contributed by atoms with van der Waals surface area (Å²) in [6, 6.07) is 7.14. The molecular weight excluding hydrogens is 385 g/mol. The van der Waals surface area contributed by atoms with Crippen LogP contribution in [-0.4, -0.2) is 23.4 Å². The molecule has 1 aromatic carbocycles. The van der Waals surface area contributed by atoms with E-state index in [1.807, 2.05) is 25.1 Å². The molecule has 1 amide bonds. The van der Waals surface area contributed by atoms with Crippen LogP contribution < -0.4 is 5.32 Å². The molecule has 0 aliphatic heterocycles. The van der Waals surface area contributed by atoms with Crippen molar-refractivity contribution < 1.29 is 14.3 Å². The van der Waals surface area contributed by atoms with E-state index in [2.05, 4.69) is 5.32 Å². The van der Waals surface area contributed by atoms with Crippen molar-refractivity contribution in [3.63, 3.8) is 0 Å². The summed E-state index contributed by atoms with van der Waals surface area (Å²) in [5.41, 5.74) is 0.428. The predicted octanol–water partition coefficient (Wildman–Crippen LogP) is 4.64. The summed E-state index contributed by atoms with van der Waals surface area (Å²) in [6.45, 7) is 1.62. The Hall–Kier alpha value is -1.26. The minimum atomic E-state index is -0.481. The molecule has 4 aliphatic rings. The van der Waals surface area contributed by atoms with Gasteiger partial charge in [0.1, 0.15) is 0 Å². The zero-order chi connectivity index (χ0) is 19.2. The van der Waals surface area contributed by atoms with Crippen molar-refractivity contribution in [1.29, 1.82) is 0 Å². The second-order valence-corrected chi connectivity index (χ2v) is 10.1. The van der Waals surface area contributed by atoms with Gasteiger partial charge in [-0.05, 0) is 75.0 Å². The van der Waals surface area contributed by atoms with Gasteiger partial charge in [0.15, 0.2) is 6.61 Å². The molecule has 1 aromatic rings. The smallest absolute Gasteiger partial charge is 0.312 e. The fraction of sp³-hybridized carbons (Fsp3) is 0.619. The Morgan fingerprint density at radius 3 is 2.59 bits per heavy atom. The second kappa shape index (κ2) is 6.97. The molecule has 4 fully saturated rings. The first-order valence-electron chi connectivity index (χ1n) is 9.68. The minimum absolute atomic E-state index is 0.208. The van der Waals surface area contributed by atoms with Crippen LogP contribution in [0.2, 0.25) is 5.02 Å². The van der Waals surface area contributed by atoms with Gasteiger partial charge >= 0.3 is 5.97 Å². The van der Waals surface area contributed by atoms with Gasteiger partial charge < -0.3 is 10.1 Å². The zero-order valence-electron chi connectivity index (χ0n) is 15.5. The van der Waals surface area contributed by atoms with E-state index in [0.29, 0.717) is 23.3 Å². The molecule has 6 heteroatoms. The molecule has 27 heavy (non-hydrogen) atoms. The standard InChI is InChI=1S/C21H25Cl2NO3/c1-13(16-3-2-4-17(22)6-16)24-18(25)11-27-19(26)20-7-14-5-15(8-20)10-21(23,9-14)12-20/h2-4,6,13-15H,5,7-12H2,1H3,(H,24,25)/t13-,14-,15+,20?,21?/m0/s1. The highest BCUT2D eigenvalue weighted by Gasteiger charge is 2.60. The summed E-state index contributed by atoms with van der Waals surface area (Å²) in [7, 11) is 0. The minimum Gasteiger partial charge on any atom is -0.455 e. The summed E-state index contributed by atoms with van der Waals surface area (Å²) in [6.07, 6.45) is 5.61. The van der Waals surface area contributed by atoms with Gasteiger partial charge in [-0.1, -0.05) is 23.7 Å². The summed E-state index contributed by atoms with van der Waals surface area (Å²) in [4.78, 5) is 24.9. The molecule has 0 saturated heterocycles. The lowest BCUT2D eigenvalue weighted by atomic mass is 9.49. The summed E-state index contributed by atoms with van der Waals surface area (Å²) in [5, 5.41) is 3.48. The Balaban J connectivity index is 1.33. The molecule has 2 unspecified atom stereocenters. The quantitative estimate of drug-likeness (QED) is 0.569. The van der Waals surface area contributed by atoms with E-state index >= 15 is 0 Å². The third-order valence-corrected chi connectivity index (χ3v) is 7.16. The Morgan fingerprint density at radius 2 is 1.96 bits per heavy atom. The number of esters is 1. The van der Waals surface area contributed by atoms with Gasteiger partial charge in [0.2, 0.25) is 0 Å². The first-order chi connectivity index (χ1) is 12.8. The van der Waals surface area contributed by atoms with Gasteiger partial charge in [-0.25, -0.2) is 0 Å². The van der Waals surface area contributed by atoms with Crippen LogP contribution >= 0.6 is 23.2 Å². The zero-order valence-corrected chi connectivity index (χ0v) is 17.0. The average molecular weight is 410 g/mol. The van der Waals surface area contributed by atoms with Crippen molar-refractivity contribution in [2.75, 3.05) is 6.61 Å². The van der Waals surface area contributed by atoms with E-state index in [-0.39, 0.29) is 29.4 Å². The molecule has 4 bridgehead atoms. The van der Waals surface area contributed by atoms with Crippen molar-refractivity contribution in [1.82, 2.24) is 5.32 Å². The lowest BCUT2D eigenvalue weighted by Gasteiger charge is -2.58. The highest BCUT2D eigenvalue weighted by atomic mass is 35.5. The summed E-state index contributed by atoms with van der Waals surface area (Å²) in [5.74, 6) is 0.495. The molecule has 4 aliphatic carbocycles. The number of nitrogens with one attached hydrogen (secondary N) is 1. The van der Waals surface area contributed by atoms with Gasteiger partial charge in [-0.15, -0.1) is 11.6 Å². The van der Waals surface area contributed by atoms with Gasteiger partial charge in [-0.3, -0.25) is 9.59 Å². The fourth-order valence-corrected chi connectivity index (χ4v) is 6.71. The number of halogens is 2. The van der Waals surface area contributed by atoms with Crippen LogP contribution in [0.3, 0.4) is 0 Å². The number of hydrogen-bond donors (Lipinski definition) is 1. The van der Waals surface area contributed by atoms with Crippen LogP contribution in [0.1, 0.15) is 57.1 Å². The Labute approximate surface area is 169 Å². The molecule has 0 aromatic heterocycles. The van der Waals surface area contributed by atoms with Crippen molar-refractivity contribution in [2.24, 2.45) is 17.3 Å². The molecule has 0 heterocycles. The van der Waals surface area contributed by atoms with Crippen molar-refractivity contribution in [3.05, 3.63) is 34.9 Å². The number of carbonyl (C=O) groups is 2. The number of ether oxygens (including phenoxy) is 1. The molecule has 0 radical (unpaired) electrons. The number of rotatable bonds is 5. The van der Waals surface area contributed by atoms with Crippen LogP contribution in [0.5, 0.6) is 0 Å². The third kappa shape index (κ3) is 3.84. The van der Waals surface area contributed by atoms with Crippen LogP contribution in [0.15, 0.2) is 24.3 Å². The fourth-order valence-electron chi connectivity index (χ4n) is 5.82. The number of carbonyl (C=O) groups excluding carboxylic acids is 2. The number of amides is 1. The first kappa shape index (κ1) is 19.1. The molecule has 5 rings (SSSR count). The normalized spacial score (nSPS) is 34.9. The number of hydrogen-bond acceptors (Lipinski definition) is 3. The summed E-state index contributed by atoms with van der Waals surface area (Å²) < 4.78 is 5.46. The SMILES string of the molecule is C[C@H](NC(=O)COC(=O)C12C[C@@H]3C[C@@H](CC(Cl)(C3)C1)C2)c1cccc(Cl)c1. The first-order valence-corrected chi connectivity index (χ1v) is 10.4. The highest BCUT2D eigenvalue weighted by Crippen LogP contribution is 2.64. The van der Waals surface area contributed by atoms with Gasteiger partial charge in [-0.2, -0.15) is 0 Å². The van der Waals surface area contributed by atoms with Gasteiger partial charge in [0.25, 0.3) is 5.91 Å². The molecule has 146 valence electrons. The van der Waals surface area contributed by atoms with E-state index < -0.39 is 5.41 Å². The second-order valence-electron chi connectivity index (χ2n) is 8.81.